The average molecular weight is 283 g/mol. The minimum atomic E-state index is 0.00421. The van der Waals surface area contributed by atoms with E-state index in [-0.39, 0.29) is 11.9 Å². The van der Waals surface area contributed by atoms with Crippen molar-refractivity contribution in [3.63, 3.8) is 0 Å². The number of hydrogen-bond donors (Lipinski definition) is 1. The predicted molar refractivity (Wildman–Crippen MR) is 77.6 cm³/mol. The molecular weight excluding hydrogens is 254 g/mol. The fourth-order valence-electron chi connectivity index (χ4n) is 3.85. The van der Waals surface area contributed by atoms with Crippen LogP contribution in [0.25, 0.3) is 0 Å². The molecule has 2 unspecified atom stereocenters. The number of nitrogens with one attached hydrogen (secondary N) is 1. The molecule has 1 aliphatic carbocycles. The van der Waals surface area contributed by atoms with E-state index >= 15 is 0 Å². The quantitative estimate of drug-likeness (QED) is 0.813. The summed E-state index contributed by atoms with van der Waals surface area (Å²) in [7, 11) is 0. The van der Waals surface area contributed by atoms with Crippen LogP contribution in [0.15, 0.2) is 0 Å². The first-order chi connectivity index (χ1) is 9.81. The molecule has 0 radical (unpaired) electrons. The average Bonchev–Trinajstić information content (AvgIpc) is 2.95. The number of hydrogen-bond acceptors (Lipinski definition) is 4. The van der Waals surface area contributed by atoms with E-state index in [1.165, 1.54) is 38.5 Å². The summed E-state index contributed by atoms with van der Waals surface area (Å²) in [5.41, 5.74) is 0.229. The maximum absolute atomic E-state index is 6.07. The summed E-state index contributed by atoms with van der Waals surface area (Å²) in [6.07, 6.45) is 8.44. The molecule has 116 valence electrons. The van der Waals surface area contributed by atoms with Gasteiger partial charge in [-0.15, -0.1) is 0 Å². The lowest BCUT2D eigenvalue weighted by Gasteiger charge is -2.49. The molecule has 2 atom stereocenters. The second kappa shape index (κ2) is 6.73. The monoisotopic (exact) mass is 283 g/mol. The third kappa shape index (κ3) is 3.35. The van der Waals surface area contributed by atoms with Crippen LogP contribution in [0, 0.1) is 5.92 Å². The van der Waals surface area contributed by atoms with Gasteiger partial charge < -0.3 is 19.5 Å². The zero-order chi connectivity index (χ0) is 13.8. The third-order valence-electron chi connectivity index (χ3n) is 5.16. The van der Waals surface area contributed by atoms with Gasteiger partial charge in [0, 0.05) is 19.1 Å². The molecule has 3 rings (SSSR count). The molecule has 4 nitrogen and oxygen atoms in total. The molecule has 0 aromatic rings. The summed E-state index contributed by atoms with van der Waals surface area (Å²) in [5, 5.41) is 3.74. The first-order valence-electron chi connectivity index (χ1n) is 8.42. The second-order valence-electron chi connectivity index (χ2n) is 6.61. The van der Waals surface area contributed by atoms with Crippen molar-refractivity contribution in [1.82, 2.24) is 5.32 Å². The Labute approximate surface area is 122 Å². The Hall–Kier alpha value is -0.160. The van der Waals surface area contributed by atoms with Gasteiger partial charge in [-0.2, -0.15) is 0 Å². The van der Waals surface area contributed by atoms with Crippen molar-refractivity contribution >= 4 is 0 Å². The highest BCUT2D eigenvalue weighted by molar-refractivity contribution is 4.96. The topological polar surface area (TPSA) is 39.7 Å². The first-order valence-corrected chi connectivity index (χ1v) is 8.42. The van der Waals surface area contributed by atoms with Gasteiger partial charge >= 0.3 is 0 Å². The van der Waals surface area contributed by atoms with Crippen LogP contribution in [0.4, 0.5) is 0 Å². The molecule has 20 heavy (non-hydrogen) atoms. The molecule has 1 spiro atoms. The fourth-order valence-corrected chi connectivity index (χ4v) is 3.85. The van der Waals surface area contributed by atoms with Crippen molar-refractivity contribution in [3.8, 4) is 0 Å². The van der Waals surface area contributed by atoms with Crippen molar-refractivity contribution in [3.05, 3.63) is 0 Å². The van der Waals surface area contributed by atoms with E-state index in [9.17, 15) is 0 Å². The van der Waals surface area contributed by atoms with Crippen molar-refractivity contribution < 1.29 is 14.2 Å². The lowest BCUT2D eigenvalue weighted by molar-refractivity contribution is -0.151. The van der Waals surface area contributed by atoms with Gasteiger partial charge in [0.1, 0.15) is 0 Å². The minimum Gasteiger partial charge on any atom is -0.375 e. The first kappa shape index (κ1) is 14.8. The van der Waals surface area contributed by atoms with Crippen LogP contribution in [-0.4, -0.2) is 44.3 Å². The minimum absolute atomic E-state index is 0.00421. The van der Waals surface area contributed by atoms with Gasteiger partial charge in [0.25, 0.3) is 0 Å². The molecule has 0 aromatic heterocycles. The molecule has 3 fully saturated rings. The van der Waals surface area contributed by atoms with Gasteiger partial charge in [-0.05, 0) is 51.0 Å². The molecule has 2 heterocycles. The zero-order valence-corrected chi connectivity index (χ0v) is 12.7. The van der Waals surface area contributed by atoms with Crippen LogP contribution in [0.2, 0.25) is 0 Å². The van der Waals surface area contributed by atoms with Crippen molar-refractivity contribution in [2.24, 2.45) is 5.92 Å². The number of ether oxygens (including phenoxy) is 3. The smallest absolute Gasteiger partial charge is 0.159 e. The molecule has 2 aliphatic heterocycles. The number of rotatable bonds is 6. The lowest BCUT2D eigenvalue weighted by Crippen LogP contribution is -2.51. The Morgan fingerprint density at radius 1 is 1.20 bits per heavy atom. The van der Waals surface area contributed by atoms with Crippen molar-refractivity contribution in [1.29, 1.82) is 0 Å². The van der Waals surface area contributed by atoms with Crippen LogP contribution < -0.4 is 5.32 Å². The van der Waals surface area contributed by atoms with E-state index in [1.807, 2.05) is 0 Å². The van der Waals surface area contributed by atoms with E-state index < -0.39 is 0 Å². The van der Waals surface area contributed by atoms with Gasteiger partial charge in [-0.3, -0.25) is 0 Å². The molecule has 2 saturated heterocycles. The highest BCUT2D eigenvalue weighted by Gasteiger charge is 2.44. The predicted octanol–water partition coefficient (Wildman–Crippen LogP) is 2.47. The SMILES string of the molecule is CCCNC(CC1OCCO1)C1CCOC2(CCC2)C1. The molecule has 0 bridgehead atoms. The lowest BCUT2D eigenvalue weighted by atomic mass is 9.70. The standard InChI is InChI=1S/C16H29NO3/c1-2-7-17-14(11-15-18-9-10-19-15)13-4-8-20-16(12-13)5-3-6-16/h13-15,17H,2-12H2,1H3. The van der Waals surface area contributed by atoms with Crippen LogP contribution in [0.5, 0.6) is 0 Å². The van der Waals surface area contributed by atoms with Gasteiger partial charge in [-0.1, -0.05) is 6.92 Å². The summed E-state index contributed by atoms with van der Waals surface area (Å²) < 4.78 is 17.4. The Bertz CT molecular complexity index is 300. The molecule has 1 N–H and O–H groups in total. The summed E-state index contributed by atoms with van der Waals surface area (Å²) in [5.74, 6) is 0.711. The van der Waals surface area contributed by atoms with Crippen molar-refractivity contribution in [2.75, 3.05) is 26.4 Å². The molecule has 0 aromatic carbocycles. The van der Waals surface area contributed by atoms with Gasteiger partial charge in [0.2, 0.25) is 0 Å². The van der Waals surface area contributed by atoms with Crippen LogP contribution >= 0.6 is 0 Å². The third-order valence-corrected chi connectivity index (χ3v) is 5.16. The van der Waals surface area contributed by atoms with E-state index in [1.54, 1.807) is 0 Å². The molecular formula is C16H29NO3. The summed E-state index contributed by atoms with van der Waals surface area (Å²) in [4.78, 5) is 0. The Kier molecular flexibility index (Phi) is 4.97. The normalized spacial score (nSPS) is 31.4. The molecule has 0 amide bonds. The highest BCUT2D eigenvalue weighted by atomic mass is 16.7. The van der Waals surface area contributed by atoms with Crippen LogP contribution in [0.1, 0.15) is 51.9 Å². The largest absolute Gasteiger partial charge is 0.375 e. The molecule has 1 saturated carbocycles. The Balaban J connectivity index is 1.57. The van der Waals surface area contributed by atoms with E-state index in [2.05, 4.69) is 12.2 Å². The van der Waals surface area contributed by atoms with Crippen molar-refractivity contribution in [2.45, 2.75) is 69.8 Å². The maximum atomic E-state index is 6.07. The zero-order valence-electron chi connectivity index (χ0n) is 12.7. The van der Waals surface area contributed by atoms with Crippen LogP contribution in [0.3, 0.4) is 0 Å². The fraction of sp³-hybridized carbons (Fsp3) is 1.00. The Morgan fingerprint density at radius 2 is 2.00 bits per heavy atom. The van der Waals surface area contributed by atoms with Gasteiger partial charge in [-0.25, -0.2) is 0 Å². The Morgan fingerprint density at radius 3 is 2.65 bits per heavy atom. The van der Waals surface area contributed by atoms with Gasteiger partial charge in [0.05, 0.1) is 18.8 Å². The van der Waals surface area contributed by atoms with Crippen LogP contribution in [-0.2, 0) is 14.2 Å². The molecule has 4 heteroatoms. The van der Waals surface area contributed by atoms with E-state index in [4.69, 9.17) is 14.2 Å². The van der Waals surface area contributed by atoms with E-state index in [0.29, 0.717) is 12.0 Å². The van der Waals surface area contributed by atoms with E-state index in [0.717, 1.165) is 32.8 Å². The second-order valence-corrected chi connectivity index (χ2v) is 6.61. The summed E-state index contributed by atoms with van der Waals surface area (Å²) in [6.45, 7) is 5.75. The molecule has 3 aliphatic rings. The summed E-state index contributed by atoms with van der Waals surface area (Å²) >= 11 is 0. The maximum Gasteiger partial charge on any atom is 0.159 e. The highest BCUT2D eigenvalue weighted by Crippen LogP contribution is 2.45. The summed E-state index contributed by atoms with van der Waals surface area (Å²) in [6, 6.07) is 0.513. The van der Waals surface area contributed by atoms with Gasteiger partial charge in [0.15, 0.2) is 6.29 Å².